The van der Waals surface area contributed by atoms with Crippen molar-refractivity contribution in [1.29, 1.82) is 0 Å². The first-order valence-corrected chi connectivity index (χ1v) is 9.41. The van der Waals surface area contributed by atoms with Crippen LogP contribution >= 0.6 is 0 Å². The molecule has 2 heterocycles. The number of rotatable bonds is 4. The predicted molar refractivity (Wildman–Crippen MR) is 91.5 cm³/mol. The summed E-state index contributed by atoms with van der Waals surface area (Å²) in [4.78, 5) is 23.8. The van der Waals surface area contributed by atoms with E-state index in [0.29, 0.717) is 29.5 Å². The van der Waals surface area contributed by atoms with E-state index in [4.69, 9.17) is 0 Å². The number of imidazole rings is 1. The maximum Gasteiger partial charge on any atom is 0.328 e. The van der Waals surface area contributed by atoms with Crippen LogP contribution in [0.25, 0.3) is 22.6 Å². The topological polar surface area (TPSA) is 97.7 Å². The van der Waals surface area contributed by atoms with Crippen LogP contribution in [0.15, 0.2) is 40.2 Å². The second-order valence-corrected chi connectivity index (χ2v) is 8.17. The lowest BCUT2D eigenvalue weighted by Crippen LogP contribution is -2.19. The first-order valence-electron chi connectivity index (χ1n) is 7.52. The van der Waals surface area contributed by atoms with Gasteiger partial charge in [0.05, 0.1) is 16.8 Å². The molecule has 0 aliphatic rings. The average Bonchev–Trinajstić information content (AvgIpc) is 2.81. The Bertz CT molecular complexity index is 1050. The van der Waals surface area contributed by atoms with Crippen molar-refractivity contribution in [3.63, 3.8) is 0 Å². The number of nitrogens with zero attached hydrogens (tertiary/aromatic N) is 3. The van der Waals surface area contributed by atoms with Crippen LogP contribution in [0.2, 0.25) is 0 Å². The van der Waals surface area contributed by atoms with Gasteiger partial charge in [-0.2, -0.15) is 0 Å². The highest BCUT2D eigenvalue weighted by Gasteiger charge is 2.13. The van der Waals surface area contributed by atoms with Gasteiger partial charge in [-0.05, 0) is 18.1 Å². The van der Waals surface area contributed by atoms with Crippen molar-refractivity contribution < 1.29 is 8.42 Å². The lowest BCUT2D eigenvalue weighted by Gasteiger charge is -2.07. The van der Waals surface area contributed by atoms with E-state index in [1.807, 2.05) is 13.8 Å². The fourth-order valence-electron chi connectivity index (χ4n) is 2.47. The number of hydrogen-bond donors (Lipinski definition) is 1. The molecule has 0 amide bonds. The third kappa shape index (κ3) is 3.09. The van der Waals surface area contributed by atoms with Crippen LogP contribution in [0.3, 0.4) is 0 Å². The first kappa shape index (κ1) is 16.4. The molecule has 3 aromatic rings. The fraction of sp³-hybridized carbons (Fsp3) is 0.312. The van der Waals surface area contributed by atoms with E-state index in [-0.39, 0.29) is 10.6 Å². The Kier molecular flexibility index (Phi) is 4.00. The van der Waals surface area contributed by atoms with E-state index in [1.54, 1.807) is 22.9 Å². The molecule has 1 N–H and O–H groups in total. The molecule has 126 valence electrons. The zero-order valence-corrected chi connectivity index (χ0v) is 14.5. The molecular formula is C16H18N4O3S. The zero-order chi connectivity index (χ0) is 17.5. The molecule has 0 fully saturated rings. The Morgan fingerprint density at radius 3 is 2.46 bits per heavy atom. The highest BCUT2D eigenvalue weighted by Crippen LogP contribution is 2.20. The summed E-state index contributed by atoms with van der Waals surface area (Å²) >= 11 is 0. The van der Waals surface area contributed by atoms with Crippen molar-refractivity contribution in [3.05, 3.63) is 40.9 Å². The minimum absolute atomic E-state index is 0.233. The Balaban J connectivity index is 2.09. The number of aromatic amines is 1. The summed E-state index contributed by atoms with van der Waals surface area (Å²) in [5, 5.41) is 0. The third-order valence-electron chi connectivity index (χ3n) is 3.61. The maximum atomic E-state index is 12.0. The summed E-state index contributed by atoms with van der Waals surface area (Å²) < 4.78 is 24.6. The Morgan fingerprint density at radius 1 is 1.21 bits per heavy atom. The Labute approximate surface area is 139 Å². The summed E-state index contributed by atoms with van der Waals surface area (Å²) in [6, 6.07) is 6.44. The number of benzene rings is 1. The van der Waals surface area contributed by atoms with E-state index in [9.17, 15) is 13.2 Å². The van der Waals surface area contributed by atoms with E-state index >= 15 is 0 Å². The minimum Gasteiger partial charge on any atom is -0.289 e. The zero-order valence-electron chi connectivity index (χ0n) is 13.6. The number of sulfone groups is 1. The summed E-state index contributed by atoms with van der Waals surface area (Å²) in [6.07, 6.45) is 2.73. The standard InChI is InChI=1S/C16H18N4O3S/c1-10(2)9-20-15-14(19-16(20)21)17-8-13(18-15)11-4-6-12(7-5-11)24(3,22)23/h4-8,10H,9H2,1-3H3,(H,17,19,21). The van der Waals surface area contributed by atoms with Crippen molar-refractivity contribution in [2.45, 2.75) is 25.3 Å². The summed E-state index contributed by atoms with van der Waals surface area (Å²) in [7, 11) is -3.24. The van der Waals surface area contributed by atoms with E-state index in [0.717, 1.165) is 11.8 Å². The molecule has 0 aliphatic heterocycles. The van der Waals surface area contributed by atoms with E-state index < -0.39 is 9.84 Å². The molecule has 24 heavy (non-hydrogen) atoms. The smallest absolute Gasteiger partial charge is 0.289 e. The van der Waals surface area contributed by atoms with Crippen molar-refractivity contribution in [1.82, 2.24) is 19.5 Å². The van der Waals surface area contributed by atoms with Gasteiger partial charge in [-0.3, -0.25) is 9.55 Å². The molecule has 0 saturated heterocycles. The average molecular weight is 346 g/mol. The molecule has 0 atom stereocenters. The molecule has 0 aliphatic carbocycles. The first-order chi connectivity index (χ1) is 11.3. The molecule has 2 aromatic heterocycles. The quantitative estimate of drug-likeness (QED) is 0.777. The lowest BCUT2D eigenvalue weighted by atomic mass is 10.2. The monoisotopic (exact) mass is 346 g/mol. The van der Waals surface area contributed by atoms with E-state index in [2.05, 4.69) is 15.0 Å². The van der Waals surface area contributed by atoms with Gasteiger partial charge in [0.1, 0.15) is 0 Å². The Morgan fingerprint density at radius 2 is 1.88 bits per heavy atom. The van der Waals surface area contributed by atoms with Gasteiger partial charge in [0, 0.05) is 18.4 Å². The second-order valence-electron chi connectivity index (χ2n) is 6.16. The molecule has 0 saturated carbocycles. The second kappa shape index (κ2) is 5.86. The van der Waals surface area contributed by atoms with Crippen molar-refractivity contribution in [2.24, 2.45) is 5.92 Å². The SMILES string of the molecule is CC(C)Cn1c(=O)[nH]c2ncc(-c3ccc(S(C)(=O)=O)cc3)nc21. The molecule has 0 radical (unpaired) electrons. The van der Waals surface area contributed by atoms with Gasteiger partial charge >= 0.3 is 5.69 Å². The molecule has 3 rings (SSSR count). The van der Waals surface area contributed by atoms with Crippen LogP contribution in [0.1, 0.15) is 13.8 Å². The minimum atomic E-state index is -3.24. The molecule has 7 nitrogen and oxygen atoms in total. The predicted octanol–water partition coefficient (Wildman–Crippen LogP) is 1.85. The molecule has 8 heteroatoms. The van der Waals surface area contributed by atoms with Crippen LogP contribution in [-0.2, 0) is 16.4 Å². The third-order valence-corrected chi connectivity index (χ3v) is 4.73. The number of H-pyrrole nitrogens is 1. The molecule has 1 aromatic carbocycles. The summed E-state index contributed by atoms with van der Waals surface area (Å²) in [5.74, 6) is 0.293. The van der Waals surface area contributed by atoms with Gasteiger partial charge in [-0.25, -0.2) is 23.2 Å². The van der Waals surface area contributed by atoms with Crippen molar-refractivity contribution in [3.8, 4) is 11.3 Å². The van der Waals surface area contributed by atoms with Crippen molar-refractivity contribution in [2.75, 3.05) is 6.26 Å². The number of aromatic nitrogens is 4. The van der Waals surface area contributed by atoms with Crippen LogP contribution < -0.4 is 5.69 Å². The molecule has 0 spiro atoms. The summed E-state index contributed by atoms with van der Waals surface area (Å²) in [6.45, 7) is 4.59. The number of hydrogen-bond acceptors (Lipinski definition) is 5. The largest absolute Gasteiger partial charge is 0.328 e. The maximum absolute atomic E-state index is 12.0. The van der Waals surface area contributed by atoms with Crippen molar-refractivity contribution >= 4 is 21.1 Å². The van der Waals surface area contributed by atoms with Gasteiger partial charge in [0.25, 0.3) is 0 Å². The van der Waals surface area contributed by atoms with Crippen LogP contribution in [0.4, 0.5) is 0 Å². The van der Waals surface area contributed by atoms with Gasteiger partial charge in [0.2, 0.25) is 0 Å². The van der Waals surface area contributed by atoms with Gasteiger partial charge < -0.3 is 0 Å². The lowest BCUT2D eigenvalue weighted by molar-refractivity contribution is 0.520. The molecule has 0 bridgehead atoms. The normalized spacial score (nSPS) is 12.2. The highest BCUT2D eigenvalue weighted by atomic mass is 32.2. The molecular weight excluding hydrogens is 328 g/mol. The number of nitrogens with one attached hydrogen (secondary N) is 1. The van der Waals surface area contributed by atoms with Gasteiger partial charge in [0.15, 0.2) is 21.1 Å². The summed E-state index contributed by atoms with van der Waals surface area (Å²) in [5.41, 5.74) is 2.03. The van der Waals surface area contributed by atoms with Crippen LogP contribution in [0, 0.1) is 5.92 Å². The molecule has 0 unspecified atom stereocenters. The van der Waals surface area contributed by atoms with E-state index in [1.165, 1.54) is 12.1 Å². The van der Waals surface area contributed by atoms with Gasteiger partial charge in [-0.1, -0.05) is 26.0 Å². The number of fused-ring (bicyclic) bond motifs is 1. The fourth-order valence-corrected chi connectivity index (χ4v) is 3.10. The van der Waals surface area contributed by atoms with Crippen LogP contribution in [0.5, 0.6) is 0 Å². The Hall–Kier alpha value is -2.48. The highest BCUT2D eigenvalue weighted by molar-refractivity contribution is 7.90. The van der Waals surface area contributed by atoms with Crippen LogP contribution in [-0.4, -0.2) is 34.2 Å². The van der Waals surface area contributed by atoms with Gasteiger partial charge in [-0.15, -0.1) is 0 Å².